The van der Waals surface area contributed by atoms with Gasteiger partial charge in [0.05, 0.1) is 6.54 Å². The molecule has 2 atom stereocenters. The predicted octanol–water partition coefficient (Wildman–Crippen LogP) is 5.09. The quantitative estimate of drug-likeness (QED) is 0.767. The zero-order valence-electron chi connectivity index (χ0n) is 13.9. The molecule has 0 unspecified atom stereocenters. The van der Waals surface area contributed by atoms with Crippen molar-refractivity contribution in [2.75, 3.05) is 12.3 Å². The molecular formula is C20H20N2OS. The molecule has 0 saturated heterocycles. The summed E-state index contributed by atoms with van der Waals surface area (Å²) in [5.74, 6) is 1.33. The number of nitrogens with zero attached hydrogens (tertiary/aromatic N) is 2. The Hall–Kier alpha value is -1.94. The Labute approximate surface area is 146 Å². The molecule has 0 fully saturated rings. The van der Waals surface area contributed by atoms with Gasteiger partial charge in [-0.1, -0.05) is 56.3 Å². The second-order valence-electron chi connectivity index (χ2n) is 6.84. The first-order valence-electron chi connectivity index (χ1n) is 8.37. The monoisotopic (exact) mass is 336 g/mol. The largest absolute Gasteiger partial charge is 0.291 e. The molecular weight excluding hydrogens is 316 g/mol. The van der Waals surface area contributed by atoms with Gasteiger partial charge < -0.3 is 0 Å². The Kier molecular flexibility index (Phi) is 3.80. The molecule has 0 bridgehead atoms. The number of azo groups is 1. The number of fused-ring (bicyclic) bond motifs is 1. The van der Waals surface area contributed by atoms with E-state index in [4.69, 9.17) is 0 Å². The Balaban J connectivity index is 1.72. The molecule has 4 heteroatoms. The summed E-state index contributed by atoms with van der Waals surface area (Å²) in [6.45, 7) is 4.97. The molecule has 1 spiro atoms. The van der Waals surface area contributed by atoms with E-state index in [0.717, 1.165) is 16.0 Å². The Morgan fingerprint density at radius 2 is 1.88 bits per heavy atom. The summed E-state index contributed by atoms with van der Waals surface area (Å²) in [7, 11) is 0. The Bertz CT molecular complexity index is 813. The van der Waals surface area contributed by atoms with E-state index in [-0.39, 0.29) is 11.7 Å². The van der Waals surface area contributed by atoms with Gasteiger partial charge in [-0.05, 0) is 23.1 Å². The van der Waals surface area contributed by atoms with Crippen LogP contribution in [0.5, 0.6) is 0 Å². The lowest BCUT2D eigenvalue weighted by atomic mass is 9.76. The average Bonchev–Trinajstić information content (AvgIpc) is 3.03. The van der Waals surface area contributed by atoms with Crippen molar-refractivity contribution in [1.29, 1.82) is 0 Å². The standard InChI is InChI=1S/C20H20N2OS/c1-13(2)14-7-9-15(10-8-14)17-11-21-22-20(17)12-24-18-6-4-3-5-16(18)19(20)23/h3-10,13,17H,11-12H2,1-2H3/t17-,20-/m1/s1. The number of ketones is 1. The lowest BCUT2D eigenvalue weighted by Gasteiger charge is -2.34. The van der Waals surface area contributed by atoms with Crippen LogP contribution in [-0.2, 0) is 0 Å². The third kappa shape index (κ3) is 2.32. The van der Waals surface area contributed by atoms with Crippen LogP contribution in [0, 0.1) is 0 Å². The first-order chi connectivity index (χ1) is 11.6. The first-order valence-corrected chi connectivity index (χ1v) is 9.35. The second kappa shape index (κ2) is 5.85. The minimum Gasteiger partial charge on any atom is -0.291 e. The van der Waals surface area contributed by atoms with Crippen LogP contribution in [-0.4, -0.2) is 23.6 Å². The highest BCUT2D eigenvalue weighted by atomic mass is 32.2. The summed E-state index contributed by atoms with van der Waals surface area (Å²) in [4.78, 5) is 14.3. The predicted molar refractivity (Wildman–Crippen MR) is 97.2 cm³/mol. The Morgan fingerprint density at radius 3 is 2.62 bits per heavy atom. The average molecular weight is 336 g/mol. The highest BCUT2D eigenvalue weighted by molar-refractivity contribution is 7.99. The van der Waals surface area contributed by atoms with E-state index in [2.05, 4.69) is 48.3 Å². The second-order valence-corrected chi connectivity index (χ2v) is 7.85. The van der Waals surface area contributed by atoms with Crippen molar-refractivity contribution in [3.63, 3.8) is 0 Å². The van der Waals surface area contributed by atoms with Gasteiger partial charge in [0.1, 0.15) is 0 Å². The topological polar surface area (TPSA) is 41.8 Å². The van der Waals surface area contributed by atoms with E-state index >= 15 is 0 Å². The van der Waals surface area contributed by atoms with E-state index in [9.17, 15) is 4.79 Å². The molecule has 24 heavy (non-hydrogen) atoms. The zero-order chi connectivity index (χ0) is 16.7. The number of hydrogen-bond donors (Lipinski definition) is 0. The maximum absolute atomic E-state index is 13.2. The smallest absolute Gasteiger partial charge is 0.194 e. The number of thioether (sulfide) groups is 1. The van der Waals surface area contributed by atoms with Crippen molar-refractivity contribution in [3.05, 3.63) is 65.2 Å². The van der Waals surface area contributed by atoms with Gasteiger partial charge >= 0.3 is 0 Å². The molecule has 2 aromatic rings. The summed E-state index contributed by atoms with van der Waals surface area (Å²) in [6.07, 6.45) is 0. The fourth-order valence-electron chi connectivity index (χ4n) is 3.56. The van der Waals surface area contributed by atoms with Crippen molar-refractivity contribution in [2.24, 2.45) is 10.2 Å². The third-order valence-electron chi connectivity index (χ3n) is 5.07. The van der Waals surface area contributed by atoms with E-state index in [1.54, 1.807) is 11.8 Å². The van der Waals surface area contributed by atoms with E-state index in [1.807, 2.05) is 24.3 Å². The minimum absolute atomic E-state index is 0.0343. The molecule has 3 nitrogen and oxygen atoms in total. The van der Waals surface area contributed by atoms with Crippen molar-refractivity contribution in [3.8, 4) is 0 Å². The lowest BCUT2D eigenvalue weighted by Crippen LogP contribution is -2.46. The van der Waals surface area contributed by atoms with Crippen molar-refractivity contribution in [1.82, 2.24) is 0 Å². The molecule has 2 aromatic carbocycles. The summed E-state index contributed by atoms with van der Waals surface area (Å²) < 4.78 is 0. The number of benzene rings is 2. The van der Waals surface area contributed by atoms with E-state index < -0.39 is 5.54 Å². The van der Waals surface area contributed by atoms with Crippen molar-refractivity contribution >= 4 is 17.5 Å². The van der Waals surface area contributed by atoms with Gasteiger partial charge in [-0.15, -0.1) is 11.8 Å². The van der Waals surface area contributed by atoms with Crippen LogP contribution >= 0.6 is 11.8 Å². The molecule has 2 heterocycles. The molecule has 2 aliphatic rings. The van der Waals surface area contributed by atoms with Gasteiger partial charge in [0.2, 0.25) is 0 Å². The first kappa shape index (κ1) is 15.6. The third-order valence-corrected chi connectivity index (χ3v) is 6.32. The SMILES string of the molecule is CC(C)c1ccc([C@H]2CN=N[C@]23CSc2ccccc2C3=O)cc1. The van der Waals surface area contributed by atoms with E-state index in [0.29, 0.717) is 18.2 Å². The highest BCUT2D eigenvalue weighted by Gasteiger charge is 2.52. The molecule has 0 aliphatic carbocycles. The number of carbonyl (C=O) groups excluding carboxylic acids is 1. The maximum atomic E-state index is 13.2. The van der Waals surface area contributed by atoms with Crippen molar-refractivity contribution in [2.45, 2.75) is 36.1 Å². The molecule has 0 aromatic heterocycles. The van der Waals surface area contributed by atoms with Gasteiger partial charge in [0, 0.05) is 22.1 Å². The maximum Gasteiger partial charge on any atom is 0.194 e. The zero-order valence-corrected chi connectivity index (χ0v) is 14.7. The van der Waals surface area contributed by atoms with Crippen LogP contribution in [0.15, 0.2) is 63.7 Å². The summed E-state index contributed by atoms with van der Waals surface area (Å²) in [6, 6.07) is 16.5. The fourth-order valence-corrected chi connectivity index (χ4v) is 4.82. The lowest BCUT2D eigenvalue weighted by molar-refractivity contribution is 0.0888. The van der Waals surface area contributed by atoms with Crippen LogP contribution in [0.1, 0.15) is 47.2 Å². The van der Waals surface area contributed by atoms with Crippen LogP contribution in [0.25, 0.3) is 0 Å². The molecule has 0 radical (unpaired) electrons. The molecule has 4 rings (SSSR count). The summed E-state index contributed by atoms with van der Waals surface area (Å²) in [5.41, 5.74) is 2.53. The van der Waals surface area contributed by atoms with Gasteiger partial charge in [0.25, 0.3) is 0 Å². The van der Waals surface area contributed by atoms with Gasteiger partial charge in [-0.2, -0.15) is 10.2 Å². The van der Waals surface area contributed by atoms with E-state index in [1.165, 1.54) is 5.56 Å². The number of hydrogen-bond acceptors (Lipinski definition) is 4. The normalized spacial score (nSPS) is 25.5. The van der Waals surface area contributed by atoms with Crippen molar-refractivity contribution < 1.29 is 4.79 Å². The molecule has 0 amide bonds. The molecule has 0 saturated carbocycles. The van der Waals surface area contributed by atoms with Crippen LogP contribution < -0.4 is 0 Å². The number of rotatable bonds is 2. The summed E-state index contributed by atoms with van der Waals surface area (Å²) >= 11 is 1.72. The van der Waals surface area contributed by atoms with Gasteiger partial charge in [-0.25, -0.2) is 0 Å². The van der Waals surface area contributed by atoms with Crippen LogP contribution in [0.2, 0.25) is 0 Å². The van der Waals surface area contributed by atoms with Crippen LogP contribution in [0.4, 0.5) is 0 Å². The molecule has 122 valence electrons. The minimum atomic E-state index is -0.738. The van der Waals surface area contributed by atoms with Crippen LogP contribution in [0.3, 0.4) is 0 Å². The number of carbonyl (C=O) groups is 1. The highest BCUT2D eigenvalue weighted by Crippen LogP contribution is 2.47. The van der Waals surface area contributed by atoms with Gasteiger partial charge in [-0.3, -0.25) is 4.79 Å². The molecule has 0 N–H and O–H groups in total. The van der Waals surface area contributed by atoms with Gasteiger partial charge in [0.15, 0.2) is 11.3 Å². The fraction of sp³-hybridized carbons (Fsp3) is 0.350. The Morgan fingerprint density at radius 1 is 1.12 bits per heavy atom. The summed E-state index contributed by atoms with van der Waals surface area (Å²) in [5, 5.41) is 8.77. The number of Topliss-reactive ketones (excluding diaryl/α,β-unsaturated/α-hetero) is 1. The molecule has 2 aliphatic heterocycles.